The molecule has 1 aliphatic carbocycles. The van der Waals surface area contributed by atoms with Gasteiger partial charge in [0.2, 0.25) is 5.60 Å². The van der Waals surface area contributed by atoms with E-state index >= 15 is 4.79 Å². The summed E-state index contributed by atoms with van der Waals surface area (Å²) in [6.45, 7) is 8.58. The molecule has 60 heavy (non-hydrogen) atoms. The number of methoxy groups -OCH3 is 3. The topological polar surface area (TPSA) is 154 Å². The van der Waals surface area contributed by atoms with Crippen LogP contribution in [-0.2, 0) is 45.8 Å². The number of carbonyl (C=O) groups is 3. The molecule has 0 amide bonds. The molecule has 3 N–H and O–H groups in total. The van der Waals surface area contributed by atoms with Gasteiger partial charge in [-0.1, -0.05) is 44.2 Å². The fourth-order valence-corrected chi connectivity index (χ4v) is 12.8. The van der Waals surface area contributed by atoms with Crippen molar-refractivity contribution in [3.8, 4) is 5.75 Å². The zero-order valence-corrected chi connectivity index (χ0v) is 36.4. The number of ether oxygens (including phenoxy) is 4. The highest BCUT2D eigenvalue weighted by Crippen LogP contribution is 2.64. The van der Waals surface area contributed by atoms with Crippen LogP contribution in [0.5, 0.6) is 5.75 Å². The molecule has 324 valence electrons. The summed E-state index contributed by atoms with van der Waals surface area (Å²) in [5.41, 5.74) is -1.62. The number of H-pyrrole nitrogens is 1. The first kappa shape index (κ1) is 42.3. The van der Waals surface area contributed by atoms with E-state index in [0.29, 0.717) is 82.6 Å². The number of aliphatic hydroxyl groups is 2. The number of nitrogens with zero attached hydrogens (tertiary/aromatic N) is 3. The summed E-state index contributed by atoms with van der Waals surface area (Å²) in [6, 6.07) is 11.9. The number of rotatable bonds is 9. The average Bonchev–Trinajstić information content (AvgIpc) is 3.82. The number of aromatic amines is 1. The number of hydrogen-bond acceptors (Lipinski definition) is 12. The Kier molecular flexibility index (Phi) is 10.7. The second-order valence-electron chi connectivity index (χ2n) is 18.5. The van der Waals surface area contributed by atoms with Crippen molar-refractivity contribution in [1.29, 1.82) is 0 Å². The Morgan fingerprint density at radius 2 is 1.72 bits per heavy atom. The number of benzene rings is 2. The van der Waals surface area contributed by atoms with Crippen LogP contribution in [0.4, 0.5) is 5.69 Å². The fraction of sp³-hybridized carbons (Fsp3) is 0.596. The van der Waals surface area contributed by atoms with Gasteiger partial charge in [-0.05, 0) is 74.2 Å². The predicted molar refractivity (Wildman–Crippen MR) is 227 cm³/mol. The highest BCUT2D eigenvalue weighted by Gasteiger charge is 2.73. The number of piperidine rings is 1. The smallest absolute Gasteiger partial charge is 0.341 e. The summed E-state index contributed by atoms with van der Waals surface area (Å²) in [5.74, 6) is -1.54. The molecule has 0 spiro atoms. The van der Waals surface area contributed by atoms with Crippen molar-refractivity contribution in [3.05, 3.63) is 70.9 Å². The lowest BCUT2D eigenvalue weighted by atomic mass is 9.48. The zero-order valence-electron chi connectivity index (χ0n) is 36.4. The Balaban J connectivity index is 1.47. The molecule has 1 aromatic heterocycles. The predicted octanol–water partition coefficient (Wildman–Crippen LogP) is 4.63. The molecular weight excluding hydrogens is 765 g/mol. The molecule has 9 atom stereocenters. The van der Waals surface area contributed by atoms with Gasteiger partial charge in [0, 0.05) is 104 Å². The minimum Gasteiger partial charge on any atom is -0.496 e. The molecule has 2 bridgehead atoms. The Hall–Kier alpha value is -4.43. The van der Waals surface area contributed by atoms with Gasteiger partial charge in [0.25, 0.3) is 0 Å². The maximum atomic E-state index is 15.4. The molecule has 2 aromatic carbocycles. The van der Waals surface area contributed by atoms with E-state index < -0.39 is 51.5 Å². The number of carbonyl (C=O) groups excluding carboxylic acids is 3. The summed E-state index contributed by atoms with van der Waals surface area (Å²) in [6.07, 6.45) is 5.82. The third-order valence-electron chi connectivity index (χ3n) is 15.2. The third kappa shape index (κ3) is 6.12. The van der Waals surface area contributed by atoms with Gasteiger partial charge in [0.05, 0.1) is 26.9 Å². The minimum absolute atomic E-state index is 0.0992. The van der Waals surface area contributed by atoms with E-state index in [2.05, 4.69) is 26.9 Å². The third-order valence-corrected chi connectivity index (χ3v) is 15.2. The normalized spacial score (nSPS) is 34.7. The minimum atomic E-state index is -2.23. The number of anilines is 1. The van der Waals surface area contributed by atoms with Crippen LogP contribution in [0.1, 0.15) is 81.7 Å². The number of aromatic nitrogens is 1. The standard InChI is InChI=1S/C47H62N4O9/c1-9-43(55)24-30-25-46(41(53)58-7,38-32(16-20-50(26-30)28-43)31-14-11-12-15-35(31)48-38)34-22-33(36(49(4)5)23-37(34)57-6)45-18-21-51-19-13-17-44(10-2,39(45)51)40(60-29(3)52)47(56,27-45)42(54)59-8/h11-15,17,22-23,30,39-40,48,55-56H,9-10,16,18-21,24-28H2,1-8H3/t30-,39-,40+,43-,44+,45?,46-,47-/m0/s1. The van der Waals surface area contributed by atoms with Crippen LogP contribution in [0.25, 0.3) is 10.9 Å². The van der Waals surface area contributed by atoms with E-state index in [1.54, 1.807) is 7.11 Å². The van der Waals surface area contributed by atoms with Crippen molar-refractivity contribution in [2.75, 3.05) is 73.0 Å². The monoisotopic (exact) mass is 826 g/mol. The van der Waals surface area contributed by atoms with E-state index in [4.69, 9.17) is 18.9 Å². The lowest BCUT2D eigenvalue weighted by Gasteiger charge is -2.61. The van der Waals surface area contributed by atoms with Crippen molar-refractivity contribution in [3.63, 3.8) is 0 Å². The molecule has 13 nitrogen and oxygen atoms in total. The van der Waals surface area contributed by atoms with Crippen LogP contribution in [0.15, 0.2) is 48.6 Å². The fourth-order valence-electron chi connectivity index (χ4n) is 12.8. The van der Waals surface area contributed by atoms with Gasteiger partial charge in [-0.25, -0.2) is 4.79 Å². The van der Waals surface area contributed by atoms with Gasteiger partial charge < -0.3 is 39.0 Å². The van der Waals surface area contributed by atoms with E-state index in [1.807, 2.05) is 69.3 Å². The first-order chi connectivity index (χ1) is 28.6. The molecule has 5 aliphatic rings. The van der Waals surface area contributed by atoms with E-state index in [-0.39, 0.29) is 18.4 Å². The van der Waals surface area contributed by atoms with Gasteiger partial charge >= 0.3 is 17.9 Å². The van der Waals surface area contributed by atoms with Gasteiger partial charge in [-0.15, -0.1) is 0 Å². The number of para-hydroxylation sites is 1. The Morgan fingerprint density at radius 3 is 2.38 bits per heavy atom. The van der Waals surface area contributed by atoms with Crippen molar-refractivity contribution < 1.29 is 43.5 Å². The highest BCUT2D eigenvalue weighted by molar-refractivity contribution is 5.94. The summed E-state index contributed by atoms with van der Waals surface area (Å²) in [4.78, 5) is 52.9. The molecule has 1 saturated carbocycles. The molecule has 1 unspecified atom stereocenters. The number of hydrogen-bond donors (Lipinski definition) is 3. The van der Waals surface area contributed by atoms with Crippen LogP contribution in [0.3, 0.4) is 0 Å². The van der Waals surface area contributed by atoms with E-state index in [1.165, 1.54) is 21.1 Å². The maximum Gasteiger partial charge on any atom is 0.341 e. The maximum absolute atomic E-state index is 15.4. The SMILES string of the molecule is CC[C@]1(O)C[C@@H]2C[N@@](CCc3c([nH]c4ccccc34)[C@@](C(=O)OC)(c3cc(C45CCN6CC=C[C@](CC)([C@H]64)[C@@H](OC(C)=O)[C@](O)(C(=O)OC)C5)c(N(C)C)cc3OC)C2)C1. The van der Waals surface area contributed by atoms with Crippen LogP contribution < -0.4 is 9.64 Å². The van der Waals surface area contributed by atoms with Crippen LogP contribution >= 0.6 is 0 Å². The quantitative estimate of drug-likeness (QED) is 0.157. The van der Waals surface area contributed by atoms with Crippen LogP contribution in [-0.4, -0.2) is 134 Å². The molecule has 5 heterocycles. The Bertz CT molecular complexity index is 2220. The first-order valence-corrected chi connectivity index (χ1v) is 21.5. The second kappa shape index (κ2) is 15.2. The molecular formula is C47H62N4O9. The summed E-state index contributed by atoms with van der Waals surface area (Å²) in [5, 5.41) is 26.0. The van der Waals surface area contributed by atoms with Crippen molar-refractivity contribution in [1.82, 2.24) is 14.8 Å². The van der Waals surface area contributed by atoms with Crippen molar-refractivity contribution >= 4 is 34.5 Å². The van der Waals surface area contributed by atoms with E-state index in [9.17, 15) is 19.8 Å². The summed E-state index contributed by atoms with van der Waals surface area (Å²) in [7, 11) is 8.21. The van der Waals surface area contributed by atoms with Gasteiger partial charge in [-0.3, -0.25) is 19.4 Å². The first-order valence-electron chi connectivity index (χ1n) is 21.5. The van der Waals surface area contributed by atoms with Gasteiger partial charge in [0.1, 0.15) is 11.2 Å². The number of esters is 3. The highest BCUT2D eigenvalue weighted by atomic mass is 16.6. The van der Waals surface area contributed by atoms with Gasteiger partial charge in [-0.2, -0.15) is 0 Å². The zero-order chi connectivity index (χ0) is 43.0. The van der Waals surface area contributed by atoms with Gasteiger partial charge in [0.15, 0.2) is 6.10 Å². The van der Waals surface area contributed by atoms with Crippen LogP contribution in [0.2, 0.25) is 0 Å². The summed E-state index contributed by atoms with van der Waals surface area (Å²) >= 11 is 0. The largest absolute Gasteiger partial charge is 0.496 e. The lowest BCUT2D eigenvalue weighted by molar-refractivity contribution is -0.224. The summed E-state index contributed by atoms with van der Waals surface area (Å²) < 4.78 is 23.8. The van der Waals surface area contributed by atoms with E-state index in [0.717, 1.165) is 33.4 Å². The van der Waals surface area contributed by atoms with Crippen molar-refractivity contribution in [2.45, 2.75) is 99.9 Å². The molecule has 4 aliphatic heterocycles. The molecule has 3 aromatic rings. The molecule has 2 saturated heterocycles. The number of nitrogens with one attached hydrogen (secondary N) is 1. The Labute approximate surface area is 353 Å². The van der Waals surface area contributed by atoms with Crippen LogP contribution in [0, 0.1) is 11.3 Å². The molecule has 8 rings (SSSR count). The van der Waals surface area contributed by atoms with Crippen molar-refractivity contribution in [2.24, 2.45) is 11.3 Å². The second-order valence-corrected chi connectivity index (χ2v) is 18.5. The molecule has 0 radical (unpaired) electrons. The number of fused-ring (bicyclic) bond motifs is 5. The Morgan fingerprint density at radius 1 is 0.967 bits per heavy atom. The molecule has 13 heteroatoms. The lowest BCUT2D eigenvalue weighted by Crippen LogP contribution is -2.73. The molecule has 3 fully saturated rings. The average molecular weight is 827 g/mol.